The second-order valence-corrected chi connectivity index (χ2v) is 14.2. The molecule has 268 valence electrons. The van der Waals surface area contributed by atoms with Crippen LogP contribution in [0.2, 0.25) is 0 Å². The fourth-order valence-corrected chi connectivity index (χ4v) is 8.88. The highest BCUT2D eigenvalue weighted by Crippen LogP contribution is 2.45. The fourth-order valence-electron chi connectivity index (χ4n) is 8.88. The molecule has 0 fully saturated rings. The summed E-state index contributed by atoms with van der Waals surface area (Å²) >= 11 is 0. The highest BCUT2D eigenvalue weighted by molar-refractivity contribution is 6.03. The van der Waals surface area contributed by atoms with Crippen molar-refractivity contribution in [2.45, 2.75) is 139 Å². The molecule has 2 N–H and O–H groups in total. The number of nitrogens with one attached hydrogen (secondary N) is 2. The third kappa shape index (κ3) is 6.67. The van der Waals surface area contributed by atoms with Crippen LogP contribution < -0.4 is 0 Å². The monoisotopic (exact) mass is 680 g/mol. The first-order valence-electron chi connectivity index (χ1n) is 20.2. The molecule has 0 spiro atoms. The molecule has 4 heteroatoms. The molecule has 6 rings (SSSR count). The number of fused-ring (bicyclic) bond motifs is 8. The lowest BCUT2D eigenvalue weighted by Gasteiger charge is -2.13. The Morgan fingerprint density at radius 1 is 0.451 bits per heavy atom. The number of unbranched alkanes of at least 4 members (excludes halogenated alkanes) is 2. The van der Waals surface area contributed by atoms with Gasteiger partial charge in [-0.3, -0.25) is 0 Å². The largest absolute Gasteiger partial charge is 0.355 e. The topological polar surface area (TPSA) is 57.4 Å². The Morgan fingerprint density at radius 2 is 0.863 bits per heavy atom. The van der Waals surface area contributed by atoms with Gasteiger partial charge in [-0.05, 0) is 138 Å². The van der Waals surface area contributed by atoms with Gasteiger partial charge in [0.25, 0.3) is 0 Å². The molecule has 4 nitrogen and oxygen atoms in total. The van der Waals surface area contributed by atoms with Crippen LogP contribution in [0.5, 0.6) is 0 Å². The molecule has 8 bridgehead atoms. The second kappa shape index (κ2) is 16.0. The van der Waals surface area contributed by atoms with Crippen LogP contribution in [0.3, 0.4) is 0 Å². The zero-order valence-electron chi connectivity index (χ0n) is 32.9. The van der Waals surface area contributed by atoms with Gasteiger partial charge in [0.2, 0.25) is 0 Å². The number of benzene rings is 1. The molecule has 51 heavy (non-hydrogen) atoms. The highest BCUT2D eigenvalue weighted by Gasteiger charge is 2.28. The van der Waals surface area contributed by atoms with Crippen LogP contribution in [0.15, 0.2) is 42.5 Å². The van der Waals surface area contributed by atoms with E-state index >= 15 is 0 Å². The minimum Gasteiger partial charge on any atom is -0.355 e. The van der Waals surface area contributed by atoms with Gasteiger partial charge in [-0.15, -0.1) is 0 Å². The quantitative estimate of drug-likeness (QED) is 0.138. The molecule has 2 aliphatic rings. The predicted octanol–water partition coefficient (Wildman–Crippen LogP) is 13.4. The van der Waals surface area contributed by atoms with Crippen molar-refractivity contribution in [3.05, 3.63) is 93.1 Å². The molecular formula is C47H60N4. The average Bonchev–Trinajstić information content (AvgIpc) is 3.88. The van der Waals surface area contributed by atoms with Crippen LogP contribution >= 0.6 is 0 Å². The Kier molecular flexibility index (Phi) is 11.5. The molecule has 0 radical (unpaired) electrons. The SMILES string of the molecule is CCCCCc1ccc(-c2c3nc(cc4[nH]c(cc5[nH]c(cc6nc2C(CC)=C6CC)c(CC)c5CC)c(CC)c4CC)C(CC)=C3CC)cc1. The fraction of sp³-hybridized carbons (Fsp3) is 0.447. The Balaban J connectivity index is 1.84. The van der Waals surface area contributed by atoms with Crippen molar-refractivity contribution in [3.63, 3.8) is 0 Å². The summed E-state index contributed by atoms with van der Waals surface area (Å²) < 4.78 is 0. The zero-order chi connectivity index (χ0) is 36.2. The summed E-state index contributed by atoms with van der Waals surface area (Å²) in [6.07, 6.45) is 12.5. The summed E-state index contributed by atoms with van der Waals surface area (Å²) in [7, 11) is 0. The number of nitrogens with zero attached hydrogens (tertiary/aromatic N) is 2. The van der Waals surface area contributed by atoms with Crippen molar-refractivity contribution in [1.29, 1.82) is 0 Å². The lowest BCUT2D eigenvalue weighted by Crippen LogP contribution is -1.96. The third-order valence-electron chi connectivity index (χ3n) is 11.4. The van der Waals surface area contributed by atoms with Crippen LogP contribution in [-0.2, 0) is 32.1 Å². The lowest BCUT2D eigenvalue weighted by atomic mass is 9.90. The summed E-state index contributed by atoms with van der Waals surface area (Å²) in [5.41, 5.74) is 24.0. The summed E-state index contributed by atoms with van der Waals surface area (Å²) in [6.45, 7) is 20.6. The van der Waals surface area contributed by atoms with Crippen LogP contribution in [0.25, 0.3) is 55.5 Å². The summed E-state index contributed by atoms with van der Waals surface area (Å²) in [5, 5.41) is 0. The number of hydrogen-bond acceptors (Lipinski definition) is 2. The molecule has 3 aromatic heterocycles. The van der Waals surface area contributed by atoms with Gasteiger partial charge >= 0.3 is 0 Å². The van der Waals surface area contributed by atoms with Crippen molar-refractivity contribution < 1.29 is 0 Å². The Morgan fingerprint density at radius 3 is 1.24 bits per heavy atom. The van der Waals surface area contributed by atoms with Gasteiger partial charge in [-0.25, -0.2) is 9.97 Å². The van der Waals surface area contributed by atoms with E-state index in [0.717, 1.165) is 80.6 Å². The van der Waals surface area contributed by atoms with Crippen LogP contribution in [0.1, 0.15) is 158 Å². The second-order valence-electron chi connectivity index (χ2n) is 14.2. The minimum absolute atomic E-state index is 0.926. The summed E-state index contributed by atoms with van der Waals surface area (Å²) in [4.78, 5) is 19.1. The van der Waals surface area contributed by atoms with Crippen LogP contribution in [0, 0.1) is 0 Å². The van der Waals surface area contributed by atoms with Gasteiger partial charge < -0.3 is 9.97 Å². The van der Waals surface area contributed by atoms with Gasteiger partial charge in [0, 0.05) is 27.6 Å². The maximum atomic E-state index is 5.64. The number of aryl methyl sites for hydroxylation is 5. The molecule has 0 saturated carbocycles. The third-order valence-corrected chi connectivity index (χ3v) is 11.4. The molecule has 0 aliphatic carbocycles. The predicted molar refractivity (Wildman–Crippen MR) is 222 cm³/mol. The number of allylic oxidation sites excluding steroid dienone is 4. The Bertz CT molecular complexity index is 2010. The first-order valence-corrected chi connectivity index (χ1v) is 20.2. The van der Waals surface area contributed by atoms with Crippen molar-refractivity contribution in [2.75, 3.05) is 0 Å². The van der Waals surface area contributed by atoms with Gasteiger partial charge in [-0.1, -0.05) is 99.4 Å². The molecule has 0 unspecified atom stereocenters. The molecule has 2 aliphatic heterocycles. The number of aromatic amines is 2. The highest BCUT2D eigenvalue weighted by atomic mass is 14.8. The molecule has 5 heterocycles. The van der Waals surface area contributed by atoms with E-state index in [1.54, 1.807) is 0 Å². The van der Waals surface area contributed by atoms with E-state index in [0.29, 0.717) is 0 Å². The Hall–Kier alpha value is -4.18. The molecule has 1 aromatic carbocycles. The van der Waals surface area contributed by atoms with Crippen molar-refractivity contribution in [3.8, 4) is 11.1 Å². The van der Waals surface area contributed by atoms with E-state index < -0.39 is 0 Å². The number of H-pyrrole nitrogens is 2. The average molecular weight is 681 g/mol. The van der Waals surface area contributed by atoms with Crippen molar-refractivity contribution in [1.82, 2.24) is 19.9 Å². The van der Waals surface area contributed by atoms with Gasteiger partial charge in [0.05, 0.1) is 22.8 Å². The van der Waals surface area contributed by atoms with Gasteiger partial charge in [0.1, 0.15) is 0 Å². The lowest BCUT2D eigenvalue weighted by molar-refractivity contribution is 0.717. The van der Waals surface area contributed by atoms with Crippen LogP contribution in [-0.4, -0.2) is 19.9 Å². The van der Waals surface area contributed by atoms with E-state index in [4.69, 9.17) is 9.97 Å². The zero-order valence-corrected chi connectivity index (χ0v) is 32.9. The minimum atomic E-state index is 0.926. The molecule has 0 saturated heterocycles. The molecule has 0 atom stereocenters. The molecule has 4 aromatic rings. The van der Waals surface area contributed by atoms with E-state index in [-0.39, 0.29) is 0 Å². The summed E-state index contributed by atoms with van der Waals surface area (Å²) in [5.74, 6) is 0. The van der Waals surface area contributed by atoms with E-state index in [9.17, 15) is 0 Å². The maximum Gasteiger partial charge on any atom is 0.0772 e. The standard InChI is InChI=1S/C47H60N4/c1-10-19-20-21-29-22-24-30(25-23-29)45-46-37(17-8)35(15-6)43(50-46)27-41-33(13-4)31(11-2)39(48-41)26-40-32(12-3)34(14-5)42(49-40)28-44-36(16-7)38(18-9)47(45)51-44/h22-28,48-49H,10-21H2,1-9H3. The maximum absolute atomic E-state index is 5.64. The number of aromatic nitrogens is 4. The van der Waals surface area contributed by atoms with E-state index in [1.165, 1.54) is 103 Å². The smallest absolute Gasteiger partial charge is 0.0772 e. The summed E-state index contributed by atoms with van der Waals surface area (Å²) in [6, 6.07) is 16.5. The number of rotatable bonds is 13. The first-order chi connectivity index (χ1) is 24.9. The van der Waals surface area contributed by atoms with Gasteiger partial charge in [-0.2, -0.15) is 0 Å². The van der Waals surface area contributed by atoms with E-state index in [2.05, 4.69) is 115 Å². The van der Waals surface area contributed by atoms with Crippen molar-refractivity contribution >= 4 is 44.4 Å². The first kappa shape index (κ1) is 36.6. The van der Waals surface area contributed by atoms with E-state index in [1.807, 2.05) is 0 Å². The molecular weight excluding hydrogens is 621 g/mol. The van der Waals surface area contributed by atoms with Crippen molar-refractivity contribution in [2.24, 2.45) is 0 Å². The van der Waals surface area contributed by atoms with Gasteiger partial charge in [0.15, 0.2) is 0 Å². The number of hydrogen-bond donors (Lipinski definition) is 2. The normalized spacial score (nSPS) is 13.2. The Labute approximate surface area is 307 Å². The van der Waals surface area contributed by atoms with Crippen LogP contribution in [0.4, 0.5) is 0 Å². The molecule has 0 amide bonds.